The molecular formula is C14H20FN3O2. The predicted octanol–water partition coefficient (Wildman–Crippen LogP) is 2.69. The van der Waals surface area contributed by atoms with Gasteiger partial charge in [0.1, 0.15) is 5.82 Å². The Hall–Kier alpha value is -1.69. The maximum atomic E-state index is 13.6. The molecule has 1 aromatic carbocycles. The van der Waals surface area contributed by atoms with E-state index in [2.05, 4.69) is 6.92 Å². The maximum absolute atomic E-state index is 13.6. The van der Waals surface area contributed by atoms with Crippen molar-refractivity contribution in [3.63, 3.8) is 0 Å². The van der Waals surface area contributed by atoms with Crippen molar-refractivity contribution in [3.05, 3.63) is 34.1 Å². The normalized spacial score (nSPS) is 22.9. The summed E-state index contributed by atoms with van der Waals surface area (Å²) in [5.41, 5.74) is 6.16. The van der Waals surface area contributed by atoms with Crippen LogP contribution in [0.1, 0.15) is 26.2 Å². The smallest absolute Gasteiger partial charge is 0.274 e. The number of nitrogens with two attached hydrogens (primary N) is 1. The van der Waals surface area contributed by atoms with Crippen LogP contribution in [0, 0.1) is 21.8 Å². The highest BCUT2D eigenvalue weighted by atomic mass is 19.1. The van der Waals surface area contributed by atoms with E-state index in [0.29, 0.717) is 18.2 Å². The molecule has 0 radical (unpaired) electrons. The summed E-state index contributed by atoms with van der Waals surface area (Å²) >= 11 is 0. The van der Waals surface area contributed by atoms with Crippen LogP contribution in [0.25, 0.3) is 0 Å². The van der Waals surface area contributed by atoms with Crippen molar-refractivity contribution in [1.82, 2.24) is 0 Å². The Balaban J connectivity index is 2.28. The largest absolute Gasteiger partial charge is 0.367 e. The monoisotopic (exact) mass is 281 g/mol. The molecule has 5 nitrogen and oxygen atoms in total. The number of rotatable bonds is 4. The molecule has 110 valence electrons. The standard InChI is InChI=1S/C14H20FN3O2/c1-2-10-3-4-17(14(5-10)9-16)12-6-11(15)7-13(8-12)18(19)20/h6-8,10,14H,2-5,9,16H2,1H3. The Morgan fingerprint density at radius 3 is 2.85 bits per heavy atom. The quantitative estimate of drug-likeness (QED) is 0.680. The Morgan fingerprint density at radius 1 is 1.50 bits per heavy atom. The first-order valence-corrected chi connectivity index (χ1v) is 6.96. The van der Waals surface area contributed by atoms with E-state index in [4.69, 9.17) is 5.73 Å². The summed E-state index contributed by atoms with van der Waals surface area (Å²) in [5, 5.41) is 10.8. The second-order valence-corrected chi connectivity index (χ2v) is 5.31. The first-order valence-electron chi connectivity index (χ1n) is 6.96. The van der Waals surface area contributed by atoms with Crippen LogP contribution in [0.4, 0.5) is 15.8 Å². The van der Waals surface area contributed by atoms with Gasteiger partial charge in [-0.25, -0.2) is 4.39 Å². The number of non-ortho nitro benzene ring substituents is 1. The number of hydrogen-bond donors (Lipinski definition) is 1. The molecule has 1 aliphatic heterocycles. The van der Waals surface area contributed by atoms with Gasteiger partial charge in [0.2, 0.25) is 0 Å². The van der Waals surface area contributed by atoms with Crippen LogP contribution in [-0.2, 0) is 0 Å². The van der Waals surface area contributed by atoms with Gasteiger partial charge in [0.25, 0.3) is 5.69 Å². The molecule has 1 saturated heterocycles. The number of hydrogen-bond acceptors (Lipinski definition) is 4. The lowest BCUT2D eigenvalue weighted by atomic mass is 9.88. The first kappa shape index (κ1) is 14.7. The summed E-state index contributed by atoms with van der Waals surface area (Å²) < 4.78 is 13.6. The molecule has 0 aromatic heterocycles. The molecule has 20 heavy (non-hydrogen) atoms. The van der Waals surface area contributed by atoms with Gasteiger partial charge in [0.05, 0.1) is 11.0 Å². The highest BCUT2D eigenvalue weighted by Gasteiger charge is 2.28. The van der Waals surface area contributed by atoms with Crippen molar-refractivity contribution in [2.75, 3.05) is 18.0 Å². The van der Waals surface area contributed by atoms with Gasteiger partial charge in [0, 0.05) is 30.9 Å². The maximum Gasteiger partial charge on any atom is 0.274 e. The summed E-state index contributed by atoms with van der Waals surface area (Å²) in [6, 6.07) is 3.84. The minimum absolute atomic E-state index is 0.120. The number of anilines is 1. The van der Waals surface area contributed by atoms with Gasteiger partial charge in [-0.2, -0.15) is 0 Å². The number of benzene rings is 1. The SMILES string of the molecule is CCC1CCN(c2cc(F)cc([N+](=O)[O-])c2)C(CN)C1. The number of nitro benzene ring substituents is 1. The minimum atomic E-state index is -0.581. The van der Waals surface area contributed by atoms with Gasteiger partial charge >= 0.3 is 0 Å². The van der Waals surface area contributed by atoms with Crippen molar-refractivity contribution in [2.24, 2.45) is 11.7 Å². The lowest BCUT2D eigenvalue weighted by Gasteiger charge is -2.40. The predicted molar refractivity (Wildman–Crippen MR) is 76.3 cm³/mol. The second kappa shape index (κ2) is 6.17. The highest BCUT2D eigenvalue weighted by molar-refractivity contribution is 5.54. The Morgan fingerprint density at radius 2 is 2.25 bits per heavy atom. The van der Waals surface area contributed by atoms with Gasteiger partial charge in [-0.1, -0.05) is 13.3 Å². The van der Waals surface area contributed by atoms with Crippen LogP contribution in [0.2, 0.25) is 0 Å². The molecule has 2 unspecified atom stereocenters. The molecule has 6 heteroatoms. The van der Waals surface area contributed by atoms with Crippen LogP contribution in [0.5, 0.6) is 0 Å². The van der Waals surface area contributed by atoms with Gasteiger partial charge in [-0.15, -0.1) is 0 Å². The van der Waals surface area contributed by atoms with Crippen LogP contribution in [0.3, 0.4) is 0 Å². The fourth-order valence-corrected chi connectivity index (χ4v) is 2.90. The Kier molecular flexibility index (Phi) is 4.54. The lowest BCUT2D eigenvalue weighted by molar-refractivity contribution is -0.385. The summed E-state index contributed by atoms with van der Waals surface area (Å²) in [6.45, 7) is 3.39. The number of nitro groups is 1. The van der Waals surface area contributed by atoms with Crippen molar-refractivity contribution in [2.45, 2.75) is 32.2 Å². The molecule has 0 spiro atoms. The number of piperidine rings is 1. The van der Waals surface area contributed by atoms with E-state index >= 15 is 0 Å². The molecule has 0 saturated carbocycles. The minimum Gasteiger partial charge on any atom is -0.367 e. The van der Waals surface area contributed by atoms with Crippen LogP contribution in [0.15, 0.2) is 18.2 Å². The van der Waals surface area contributed by atoms with E-state index in [1.54, 1.807) is 0 Å². The van der Waals surface area contributed by atoms with Crippen LogP contribution >= 0.6 is 0 Å². The summed E-state index contributed by atoms with van der Waals surface area (Å²) in [5.74, 6) is 0.0472. The molecule has 2 rings (SSSR count). The van der Waals surface area contributed by atoms with Crippen molar-refractivity contribution >= 4 is 11.4 Å². The molecule has 2 atom stereocenters. The lowest BCUT2D eigenvalue weighted by Crippen LogP contribution is -2.46. The molecule has 0 amide bonds. The van der Waals surface area contributed by atoms with Crippen molar-refractivity contribution in [1.29, 1.82) is 0 Å². The van der Waals surface area contributed by atoms with Gasteiger partial charge < -0.3 is 10.6 Å². The third kappa shape index (κ3) is 3.07. The van der Waals surface area contributed by atoms with Crippen LogP contribution in [-0.4, -0.2) is 24.1 Å². The zero-order chi connectivity index (χ0) is 14.7. The molecular weight excluding hydrogens is 261 g/mol. The summed E-state index contributed by atoms with van der Waals surface area (Å²) in [4.78, 5) is 12.3. The van der Waals surface area contributed by atoms with Gasteiger partial charge in [0.15, 0.2) is 0 Å². The van der Waals surface area contributed by atoms with E-state index in [-0.39, 0.29) is 11.7 Å². The fraction of sp³-hybridized carbons (Fsp3) is 0.571. The molecule has 1 aliphatic rings. The molecule has 1 fully saturated rings. The molecule has 1 aromatic rings. The molecule has 0 aliphatic carbocycles. The molecule has 0 bridgehead atoms. The fourth-order valence-electron chi connectivity index (χ4n) is 2.90. The van der Waals surface area contributed by atoms with E-state index in [9.17, 15) is 14.5 Å². The van der Waals surface area contributed by atoms with E-state index in [1.165, 1.54) is 12.1 Å². The Labute approximate surface area is 117 Å². The van der Waals surface area contributed by atoms with Crippen molar-refractivity contribution < 1.29 is 9.31 Å². The summed E-state index contributed by atoms with van der Waals surface area (Å²) in [6.07, 6.45) is 3.07. The number of nitrogens with zero attached hydrogens (tertiary/aromatic N) is 2. The third-order valence-electron chi connectivity index (χ3n) is 4.08. The highest BCUT2D eigenvalue weighted by Crippen LogP contribution is 2.31. The van der Waals surface area contributed by atoms with Crippen molar-refractivity contribution in [3.8, 4) is 0 Å². The Bertz CT molecular complexity index is 495. The van der Waals surface area contributed by atoms with Gasteiger partial charge in [-0.3, -0.25) is 10.1 Å². The average Bonchev–Trinajstić information content (AvgIpc) is 2.45. The van der Waals surface area contributed by atoms with E-state index < -0.39 is 10.7 Å². The van der Waals surface area contributed by atoms with E-state index in [1.807, 2.05) is 4.90 Å². The van der Waals surface area contributed by atoms with E-state index in [0.717, 1.165) is 31.9 Å². The average molecular weight is 281 g/mol. The molecule has 2 N–H and O–H groups in total. The molecule has 1 heterocycles. The third-order valence-corrected chi connectivity index (χ3v) is 4.08. The van der Waals surface area contributed by atoms with Gasteiger partial charge in [-0.05, 0) is 24.8 Å². The summed E-state index contributed by atoms with van der Waals surface area (Å²) in [7, 11) is 0. The zero-order valence-corrected chi connectivity index (χ0v) is 11.6. The first-order chi connectivity index (χ1) is 9.55. The number of halogens is 1. The van der Waals surface area contributed by atoms with Crippen LogP contribution < -0.4 is 10.6 Å². The zero-order valence-electron chi connectivity index (χ0n) is 11.6. The second-order valence-electron chi connectivity index (χ2n) is 5.31. The topological polar surface area (TPSA) is 72.4 Å².